The number of sulfonamides is 1. The number of nitrogens with two attached hydrogens (primary N) is 1. The van der Waals surface area contributed by atoms with Crippen LogP contribution < -0.4 is 10.5 Å². The van der Waals surface area contributed by atoms with E-state index in [1.807, 2.05) is 0 Å². The maximum atomic E-state index is 13.7. The van der Waals surface area contributed by atoms with Gasteiger partial charge in [-0.1, -0.05) is 13.8 Å². The standard InChI is InChI=1S/C12H16F2N2O3S/c1-3-7(4-2)12(17)16-11-9(13)5-8(6-10(11)14)20(15,18)19/h5-7H,3-4H2,1-2H3,(H,16,17)(H2,15,18,19). The van der Waals surface area contributed by atoms with Gasteiger partial charge in [-0.05, 0) is 25.0 Å². The van der Waals surface area contributed by atoms with E-state index >= 15 is 0 Å². The lowest BCUT2D eigenvalue weighted by atomic mass is 10.0. The highest BCUT2D eigenvalue weighted by atomic mass is 32.2. The summed E-state index contributed by atoms with van der Waals surface area (Å²) in [5.74, 6) is -3.26. The van der Waals surface area contributed by atoms with Crippen molar-refractivity contribution in [1.82, 2.24) is 0 Å². The zero-order valence-electron chi connectivity index (χ0n) is 11.1. The van der Waals surface area contributed by atoms with Crippen LogP contribution in [-0.4, -0.2) is 14.3 Å². The first-order chi connectivity index (χ1) is 9.20. The largest absolute Gasteiger partial charge is 0.321 e. The molecule has 5 nitrogen and oxygen atoms in total. The third-order valence-electron chi connectivity index (χ3n) is 2.95. The van der Waals surface area contributed by atoms with Gasteiger partial charge in [0.25, 0.3) is 0 Å². The van der Waals surface area contributed by atoms with Crippen LogP contribution >= 0.6 is 0 Å². The molecule has 0 aliphatic heterocycles. The zero-order valence-corrected chi connectivity index (χ0v) is 11.9. The molecule has 0 atom stereocenters. The van der Waals surface area contributed by atoms with Gasteiger partial charge in [0, 0.05) is 5.92 Å². The van der Waals surface area contributed by atoms with E-state index < -0.39 is 38.1 Å². The predicted octanol–water partition coefficient (Wildman–Crippen LogP) is 1.99. The van der Waals surface area contributed by atoms with Crippen molar-refractivity contribution < 1.29 is 22.0 Å². The molecule has 0 unspecified atom stereocenters. The zero-order chi connectivity index (χ0) is 15.5. The number of amides is 1. The number of nitrogens with one attached hydrogen (secondary N) is 1. The van der Waals surface area contributed by atoms with Crippen molar-refractivity contribution in [2.24, 2.45) is 11.1 Å². The Kier molecular flexibility index (Phi) is 5.18. The van der Waals surface area contributed by atoms with Gasteiger partial charge in [0.05, 0.1) is 4.90 Å². The molecule has 8 heteroatoms. The van der Waals surface area contributed by atoms with Gasteiger partial charge < -0.3 is 5.32 Å². The second-order valence-corrected chi connectivity index (χ2v) is 5.87. The van der Waals surface area contributed by atoms with Crippen molar-refractivity contribution in [1.29, 1.82) is 0 Å². The Labute approximate surface area is 116 Å². The molecule has 0 bridgehead atoms. The van der Waals surface area contributed by atoms with Gasteiger partial charge in [-0.15, -0.1) is 0 Å². The van der Waals surface area contributed by atoms with E-state index in [-0.39, 0.29) is 5.92 Å². The summed E-state index contributed by atoms with van der Waals surface area (Å²) in [6.07, 6.45) is 1.06. The first kappa shape index (κ1) is 16.5. The summed E-state index contributed by atoms with van der Waals surface area (Å²) in [6, 6.07) is 1.14. The fourth-order valence-electron chi connectivity index (χ4n) is 1.72. The molecule has 0 heterocycles. The number of carbonyl (C=O) groups excluding carboxylic acids is 1. The predicted molar refractivity (Wildman–Crippen MR) is 70.4 cm³/mol. The molecule has 1 rings (SSSR count). The molecular formula is C12H16F2N2O3S. The Balaban J connectivity index is 3.13. The van der Waals surface area contributed by atoms with Crippen LogP contribution in [0, 0.1) is 17.6 Å². The van der Waals surface area contributed by atoms with Gasteiger partial charge in [0.2, 0.25) is 15.9 Å². The van der Waals surface area contributed by atoms with Gasteiger partial charge in [0.15, 0.2) is 11.6 Å². The molecule has 0 aromatic heterocycles. The second kappa shape index (κ2) is 6.27. The van der Waals surface area contributed by atoms with E-state index in [1.54, 1.807) is 13.8 Å². The highest BCUT2D eigenvalue weighted by Crippen LogP contribution is 2.24. The first-order valence-corrected chi connectivity index (χ1v) is 7.58. The van der Waals surface area contributed by atoms with Gasteiger partial charge >= 0.3 is 0 Å². The molecule has 0 spiro atoms. The number of benzene rings is 1. The molecule has 0 saturated heterocycles. The lowest BCUT2D eigenvalue weighted by Crippen LogP contribution is -2.23. The Morgan fingerprint density at radius 2 is 1.70 bits per heavy atom. The van der Waals surface area contributed by atoms with Crippen molar-refractivity contribution >= 4 is 21.6 Å². The van der Waals surface area contributed by atoms with E-state index in [0.29, 0.717) is 25.0 Å². The van der Waals surface area contributed by atoms with E-state index in [9.17, 15) is 22.0 Å². The number of carbonyl (C=O) groups is 1. The highest BCUT2D eigenvalue weighted by Gasteiger charge is 2.21. The quantitative estimate of drug-likeness (QED) is 0.871. The Morgan fingerprint density at radius 1 is 1.25 bits per heavy atom. The maximum Gasteiger partial charge on any atom is 0.238 e. The van der Waals surface area contributed by atoms with Crippen LogP contribution in [0.1, 0.15) is 26.7 Å². The molecule has 1 aromatic rings. The lowest BCUT2D eigenvalue weighted by molar-refractivity contribution is -0.120. The summed E-state index contributed by atoms with van der Waals surface area (Å²) in [4.78, 5) is 11.1. The molecule has 0 aliphatic carbocycles. The minimum atomic E-state index is -4.21. The Bertz CT molecular complexity index is 590. The number of hydrogen-bond acceptors (Lipinski definition) is 3. The average Bonchev–Trinajstić information content (AvgIpc) is 2.33. The topological polar surface area (TPSA) is 89.3 Å². The number of primary sulfonamides is 1. The molecule has 0 fully saturated rings. The van der Waals surface area contributed by atoms with Gasteiger partial charge in [-0.2, -0.15) is 0 Å². The Hall–Kier alpha value is -1.54. The smallest absolute Gasteiger partial charge is 0.238 e. The molecule has 1 aromatic carbocycles. The van der Waals surface area contributed by atoms with E-state index in [1.165, 1.54) is 0 Å². The molecule has 20 heavy (non-hydrogen) atoms. The van der Waals surface area contributed by atoms with Crippen molar-refractivity contribution in [3.05, 3.63) is 23.8 Å². The van der Waals surface area contributed by atoms with Crippen LogP contribution in [-0.2, 0) is 14.8 Å². The number of anilines is 1. The molecule has 0 aliphatic rings. The number of rotatable bonds is 5. The summed E-state index contributed by atoms with van der Waals surface area (Å²) >= 11 is 0. The van der Waals surface area contributed by atoms with Crippen LogP contribution in [0.5, 0.6) is 0 Å². The van der Waals surface area contributed by atoms with Crippen molar-refractivity contribution in [3.63, 3.8) is 0 Å². The van der Waals surface area contributed by atoms with Gasteiger partial charge in [-0.3, -0.25) is 4.79 Å². The normalized spacial score (nSPS) is 11.7. The molecule has 0 radical (unpaired) electrons. The summed E-state index contributed by atoms with van der Waals surface area (Å²) in [6.45, 7) is 3.56. The molecule has 0 saturated carbocycles. The third-order valence-corrected chi connectivity index (χ3v) is 3.84. The van der Waals surface area contributed by atoms with Gasteiger partial charge in [0.1, 0.15) is 5.69 Å². The minimum Gasteiger partial charge on any atom is -0.321 e. The third kappa shape index (κ3) is 3.73. The average molecular weight is 306 g/mol. The van der Waals surface area contributed by atoms with Crippen LogP contribution in [0.2, 0.25) is 0 Å². The molecule has 1 amide bonds. The second-order valence-electron chi connectivity index (χ2n) is 4.31. The van der Waals surface area contributed by atoms with Crippen LogP contribution in [0.4, 0.5) is 14.5 Å². The fraction of sp³-hybridized carbons (Fsp3) is 0.417. The maximum absolute atomic E-state index is 13.7. The summed E-state index contributed by atoms with van der Waals surface area (Å²) in [5, 5.41) is 6.92. The summed E-state index contributed by atoms with van der Waals surface area (Å²) in [7, 11) is -4.21. The molecule has 3 N–H and O–H groups in total. The van der Waals surface area contributed by atoms with E-state index in [0.717, 1.165) is 0 Å². The Morgan fingerprint density at radius 3 is 2.05 bits per heavy atom. The first-order valence-electron chi connectivity index (χ1n) is 6.03. The number of halogens is 2. The monoisotopic (exact) mass is 306 g/mol. The van der Waals surface area contributed by atoms with Crippen LogP contribution in [0.3, 0.4) is 0 Å². The van der Waals surface area contributed by atoms with E-state index in [4.69, 9.17) is 5.14 Å². The van der Waals surface area contributed by atoms with Crippen LogP contribution in [0.15, 0.2) is 17.0 Å². The highest BCUT2D eigenvalue weighted by molar-refractivity contribution is 7.89. The van der Waals surface area contributed by atoms with Crippen molar-refractivity contribution in [3.8, 4) is 0 Å². The van der Waals surface area contributed by atoms with Crippen LogP contribution in [0.25, 0.3) is 0 Å². The van der Waals surface area contributed by atoms with E-state index in [2.05, 4.69) is 5.32 Å². The summed E-state index contributed by atoms with van der Waals surface area (Å²) < 4.78 is 49.5. The minimum absolute atomic E-state index is 0.369. The number of hydrogen-bond donors (Lipinski definition) is 2. The summed E-state index contributed by atoms with van der Waals surface area (Å²) in [5.41, 5.74) is -0.672. The molecule has 112 valence electrons. The molecular weight excluding hydrogens is 290 g/mol. The SMILES string of the molecule is CCC(CC)C(=O)Nc1c(F)cc(S(N)(=O)=O)cc1F. The lowest BCUT2D eigenvalue weighted by Gasteiger charge is -2.14. The fourth-order valence-corrected chi connectivity index (χ4v) is 2.25. The van der Waals surface area contributed by atoms with Gasteiger partial charge in [-0.25, -0.2) is 22.3 Å². The van der Waals surface area contributed by atoms with Crippen molar-refractivity contribution in [2.45, 2.75) is 31.6 Å². The van der Waals surface area contributed by atoms with Crippen molar-refractivity contribution in [2.75, 3.05) is 5.32 Å².